The third-order valence-corrected chi connectivity index (χ3v) is 5.22. The quantitative estimate of drug-likeness (QED) is 0.764. The Morgan fingerprint density at radius 3 is 2.56 bits per heavy atom. The summed E-state index contributed by atoms with van der Waals surface area (Å²) in [7, 11) is 0. The Morgan fingerprint density at radius 1 is 1.19 bits per heavy atom. The van der Waals surface area contributed by atoms with Crippen molar-refractivity contribution in [2.45, 2.75) is 45.4 Å². The van der Waals surface area contributed by atoms with E-state index in [1.54, 1.807) is 4.90 Å². The molecule has 7 heteroatoms. The molecule has 0 radical (unpaired) electrons. The van der Waals surface area contributed by atoms with Gasteiger partial charge in [0.05, 0.1) is 12.1 Å². The summed E-state index contributed by atoms with van der Waals surface area (Å²) in [6.07, 6.45) is 4.84. The molecular weight excluding hydrogens is 366 g/mol. The number of carbonyl (C=O) groups excluding carboxylic acids is 1. The van der Waals surface area contributed by atoms with Gasteiger partial charge in [-0.1, -0.05) is 18.0 Å². The van der Waals surface area contributed by atoms with Crippen LogP contribution in [0.25, 0.3) is 5.69 Å². The molecule has 0 saturated carbocycles. The number of nitrogens with zero attached hydrogens (tertiary/aromatic N) is 3. The Hall–Kier alpha value is -2.34. The summed E-state index contributed by atoms with van der Waals surface area (Å²) in [5, 5.41) is 14.3. The summed E-state index contributed by atoms with van der Waals surface area (Å²) >= 11 is 6.01. The molecule has 2 aromatic rings. The second kappa shape index (κ2) is 8.57. The lowest BCUT2D eigenvalue weighted by molar-refractivity contribution is -0.137. The van der Waals surface area contributed by atoms with Crippen LogP contribution in [-0.4, -0.2) is 44.8 Å². The van der Waals surface area contributed by atoms with Crippen LogP contribution >= 0.6 is 11.6 Å². The topological polar surface area (TPSA) is 75.4 Å². The largest absolute Gasteiger partial charge is 0.481 e. The number of carbonyl (C=O) groups is 2. The molecule has 1 heterocycles. The van der Waals surface area contributed by atoms with Crippen LogP contribution in [0.5, 0.6) is 0 Å². The van der Waals surface area contributed by atoms with Crippen molar-refractivity contribution >= 4 is 23.5 Å². The Labute approximate surface area is 163 Å². The van der Waals surface area contributed by atoms with Crippen LogP contribution in [0.3, 0.4) is 0 Å². The third kappa shape index (κ3) is 4.33. The number of carboxylic acids is 1. The fraction of sp³-hybridized carbons (Fsp3) is 0.450. The molecule has 144 valence electrons. The highest BCUT2D eigenvalue weighted by atomic mass is 35.5. The lowest BCUT2D eigenvalue weighted by Gasteiger charge is -2.19. The zero-order valence-electron chi connectivity index (χ0n) is 15.4. The standard InChI is InChI=1S/C20H24ClN3O3/c1-2-23(13-12-18(25)26)20(27)19-16-6-4-3-5-7-17(16)24(22-19)15-10-8-14(21)9-11-15/h8-11H,2-7,12-13H2,1H3,(H,25,26). The summed E-state index contributed by atoms with van der Waals surface area (Å²) in [5.74, 6) is -1.10. The SMILES string of the molecule is CCN(CCC(=O)O)C(=O)c1nn(-c2ccc(Cl)cc2)c2c1CCCCC2. The van der Waals surface area contributed by atoms with Crippen molar-refractivity contribution in [2.75, 3.05) is 13.1 Å². The predicted octanol–water partition coefficient (Wildman–Crippen LogP) is 3.73. The zero-order chi connectivity index (χ0) is 19.4. The summed E-state index contributed by atoms with van der Waals surface area (Å²) in [6, 6.07) is 7.43. The molecule has 0 fully saturated rings. The van der Waals surface area contributed by atoms with E-state index in [0.717, 1.165) is 49.0 Å². The molecule has 1 aromatic carbocycles. The molecule has 0 bridgehead atoms. The smallest absolute Gasteiger partial charge is 0.305 e. The van der Waals surface area contributed by atoms with Crippen LogP contribution in [-0.2, 0) is 17.6 Å². The van der Waals surface area contributed by atoms with E-state index >= 15 is 0 Å². The molecule has 1 N–H and O–H groups in total. The number of aliphatic carboxylic acids is 1. The van der Waals surface area contributed by atoms with Gasteiger partial charge in [-0.25, -0.2) is 4.68 Å². The van der Waals surface area contributed by atoms with Crippen molar-refractivity contribution in [2.24, 2.45) is 0 Å². The number of fused-ring (bicyclic) bond motifs is 1. The van der Waals surface area contributed by atoms with Crippen molar-refractivity contribution < 1.29 is 14.7 Å². The number of benzene rings is 1. The number of hydrogen-bond acceptors (Lipinski definition) is 3. The van der Waals surface area contributed by atoms with Crippen LogP contribution in [0.1, 0.15) is 54.4 Å². The zero-order valence-corrected chi connectivity index (χ0v) is 16.2. The minimum absolute atomic E-state index is 0.0698. The molecule has 0 aliphatic heterocycles. The third-order valence-electron chi connectivity index (χ3n) is 4.97. The van der Waals surface area contributed by atoms with Gasteiger partial charge >= 0.3 is 5.97 Å². The Kier molecular flexibility index (Phi) is 6.16. The number of halogens is 1. The molecule has 1 aliphatic carbocycles. The molecular formula is C20H24ClN3O3. The number of rotatable bonds is 6. The molecule has 27 heavy (non-hydrogen) atoms. The van der Waals surface area contributed by atoms with Gasteiger partial charge in [0.25, 0.3) is 5.91 Å². The summed E-state index contributed by atoms with van der Waals surface area (Å²) in [4.78, 5) is 25.6. The van der Waals surface area contributed by atoms with Gasteiger partial charge in [0.2, 0.25) is 0 Å². The number of aromatic nitrogens is 2. The first-order valence-electron chi connectivity index (χ1n) is 9.39. The van der Waals surface area contributed by atoms with Crippen LogP contribution in [0.2, 0.25) is 5.02 Å². The average molecular weight is 390 g/mol. The average Bonchev–Trinajstić information content (AvgIpc) is 2.84. The van der Waals surface area contributed by atoms with Gasteiger partial charge in [0, 0.05) is 29.4 Å². The predicted molar refractivity (Wildman–Crippen MR) is 104 cm³/mol. The summed E-state index contributed by atoms with van der Waals surface area (Å²) in [5.41, 5.74) is 3.41. The second-order valence-electron chi connectivity index (χ2n) is 6.75. The lowest BCUT2D eigenvalue weighted by Crippen LogP contribution is -2.33. The molecule has 1 aromatic heterocycles. The van der Waals surface area contributed by atoms with Crippen molar-refractivity contribution in [3.63, 3.8) is 0 Å². The highest BCUT2D eigenvalue weighted by molar-refractivity contribution is 6.30. The molecule has 0 saturated heterocycles. The van der Waals surface area contributed by atoms with E-state index in [0.29, 0.717) is 17.3 Å². The van der Waals surface area contributed by atoms with Crippen molar-refractivity contribution in [3.05, 3.63) is 46.2 Å². The van der Waals surface area contributed by atoms with E-state index < -0.39 is 5.97 Å². The van der Waals surface area contributed by atoms with Gasteiger partial charge in [-0.3, -0.25) is 9.59 Å². The number of carboxylic acid groups (broad SMARTS) is 1. The fourth-order valence-corrected chi connectivity index (χ4v) is 3.65. The van der Waals surface area contributed by atoms with Crippen LogP contribution in [0, 0.1) is 0 Å². The first-order chi connectivity index (χ1) is 13.0. The van der Waals surface area contributed by atoms with Gasteiger partial charge < -0.3 is 10.0 Å². The molecule has 1 aliphatic rings. The molecule has 6 nitrogen and oxygen atoms in total. The van der Waals surface area contributed by atoms with Gasteiger partial charge in [-0.2, -0.15) is 5.10 Å². The van der Waals surface area contributed by atoms with E-state index in [4.69, 9.17) is 16.7 Å². The van der Waals surface area contributed by atoms with Crippen molar-refractivity contribution in [1.29, 1.82) is 0 Å². The normalized spacial score (nSPS) is 13.7. The maximum atomic E-state index is 13.1. The Balaban J connectivity index is 2.00. The fourth-order valence-electron chi connectivity index (χ4n) is 3.53. The van der Waals surface area contributed by atoms with E-state index in [2.05, 4.69) is 5.10 Å². The summed E-state index contributed by atoms with van der Waals surface area (Å²) in [6.45, 7) is 2.50. The molecule has 1 amide bonds. The number of amides is 1. The van der Waals surface area contributed by atoms with E-state index in [1.165, 1.54) is 0 Å². The highest BCUT2D eigenvalue weighted by Gasteiger charge is 2.27. The molecule has 0 unspecified atom stereocenters. The van der Waals surface area contributed by atoms with Crippen molar-refractivity contribution in [3.8, 4) is 5.69 Å². The first kappa shape index (κ1) is 19.4. The minimum atomic E-state index is -0.910. The van der Waals surface area contributed by atoms with E-state index in [1.807, 2.05) is 35.9 Å². The van der Waals surface area contributed by atoms with Gasteiger partial charge in [0.15, 0.2) is 5.69 Å². The molecule has 0 atom stereocenters. The summed E-state index contributed by atoms with van der Waals surface area (Å²) < 4.78 is 1.86. The molecule has 3 rings (SSSR count). The monoisotopic (exact) mass is 389 g/mol. The van der Waals surface area contributed by atoms with Gasteiger partial charge in [-0.15, -0.1) is 0 Å². The maximum absolute atomic E-state index is 13.1. The van der Waals surface area contributed by atoms with Crippen molar-refractivity contribution in [1.82, 2.24) is 14.7 Å². The van der Waals surface area contributed by atoms with E-state index in [-0.39, 0.29) is 18.9 Å². The second-order valence-corrected chi connectivity index (χ2v) is 7.19. The van der Waals surface area contributed by atoms with Crippen LogP contribution in [0.15, 0.2) is 24.3 Å². The molecule has 0 spiro atoms. The number of hydrogen-bond donors (Lipinski definition) is 1. The van der Waals surface area contributed by atoms with Gasteiger partial charge in [-0.05, 0) is 56.9 Å². The van der Waals surface area contributed by atoms with E-state index in [9.17, 15) is 9.59 Å². The minimum Gasteiger partial charge on any atom is -0.481 e. The first-order valence-corrected chi connectivity index (χ1v) is 9.76. The Bertz CT molecular complexity index is 830. The maximum Gasteiger partial charge on any atom is 0.305 e. The van der Waals surface area contributed by atoms with Crippen LogP contribution < -0.4 is 0 Å². The highest BCUT2D eigenvalue weighted by Crippen LogP contribution is 2.27. The Morgan fingerprint density at radius 2 is 1.89 bits per heavy atom. The van der Waals surface area contributed by atoms with Crippen LogP contribution in [0.4, 0.5) is 0 Å². The lowest BCUT2D eigenvalue weighted by atomic mass is 10.1. The van der Waals surface area contributed by atoms with Gasteiger partial charge in [0.1, 0.15) is 0 Å².